The minimum absolute atomic E-state index is 0.0223. The van der Waals surface area contributed by atoms with Crippen LogP contribution in [0.3, 0.4) is 0 Å². The number of rotatable bonds is 8. The number of aromatic nitrogens is 1. The minimum Gasteiger partial charge on any atom is -0.371 e. The molecule has 0 bridgehead atoms. The van der Waals surface area contributed by atoms with Crippen molar-refractivity contribution in [2.75, 3.05) is 24.5 Å². The second-order valence-corrected chi connectivity index (χ2v) is 9.48. The van der Waals surface area contributed by atoms with Crippen molar-refractivity contribution < 1.29 is 4.79 Å². The van der Waals surface area contributed by atoms with Gasteiger partial charge in [-0.3, -0.25) is 4.79 Å². The number of amides is 1. The van der Waals surface area contributed by atoms with Crippen molar-refractivity contribution in [3.63, 3.8) is 0 Å². The number of carbonyl (C=O) groups is 1. The first kappa shape index (κ1) is 23.2. The Hall–Kier alpha value is -3.57. The first-order valence-electron chi connectivity index (χ1n) is 12.7. The summed E-state index contributed by atoms with van der Waals surface area (Å²) in [5.41, 5.74) is 5.59. The highest BCUT2D eigenvalue weighted by atomic mass is 16.1. The summed E-state index contributed by atoms with van der Waals surface area (Å²) < 4.78 is 0. The lowest BCUT2D eigenvalue weighted by Gasteiger charge is -2.34. The van der Waals surface area contributed by atoms with Crippen LogP contribution in [0.5, 0.6) is 0 Å². The van der Waals surface area contributed by atoms with Crippen molar-refractivity contribution in [3.05, 3.63) is 102 Å². The fourth-order valence-electron chi connectivity index (χ4n) is 5.02. The molecule has 3 aromatic carbocycles. The number of hydrogen-bond acceptors (Lipinski definition) is 3. The maximum Gasteiger partial charge on any atom is 0.251 e. The number of fused-ring (bicyclic) bond motifs is 1. The molecule has 5 rings (SSSR count). The van der Waals surface area contributed by atoms with Gasteiger partial charge >= 0.3 is 0 Å². The first-order chi connectivity index (χ1) is 17.2. The highest BCUT2D eigenvalue weighted by Crippen LogP contribution is 2.22. The van der Waals surface area contributed by atoms with Crippen LogP contribution in [0, 0.1) is 0 Å². The van der Waals surface area contributed by atoms with Crippen molar-refractivity contribution in [3.8, 4) is 0 Å². The molecule has 1 saturated heterocycles. The molecule has 5 nitrogen and oxygen atoms in total. The molecule has 2 heterocycles. The molecule has 1 atom stereocenters. The second kappa shape index (κ2) is 10.8. The molecule has 1 amide bonds. The molecule has 3 N–H and O–H groups in total. The lowest BCUT2D eigenvalue weighted by atomic mass is 10.0. The number of nitrogens with one attached hydrogen (secondary N) is 3. The fraction of sp³-hybridized carbons (Fsp3) is 0.300. The number of carbonyl (C=O) groups excluding carboxylic acids is 1. The van der Waals surface area contributed by atoms with E-state index in [9.17, 15) is 4.79 Å². The SMILES string of the molecule is C[C@@H](NC(=O)c1ccc(N2CCC(NCCc3c[nH]c4ccccc34)CC2)cc1)c1ccccc1. The number of aromatic amines is 1. The Labute approximate surface area is 207 Å². The standard InChI is InChI=1S/C30H34N4O/c1-22(23-7-3-2-4-8-23)33-30(35)24-11-13-27(14-12-24)34-19-16-26(17-20-34)31-18-15-25-21-32-29-10-6-5-9-28(25)29/h2-14,21-22,26,31-32H,15-20H2,1H3,(H,33,35)/t22-/m1/s1. The Morgan fingerprint density at radius 1 is 0.971 bits per heavy atom. The molecule has 4 aromatic rings. The van der Waals surface area contributed by atoms with Gasteiger partial charge in [0, 0.05) is 47.5 Å². The van der Waals surface area contributed by atoms with Gasteiger partial charge < -0.3 is 20.5 Å². The van der Waals surface area contributed by atoms with Gasteiger partial charge in [-0.25, -0.2) is 0 Å². The van der Waals surface area contributed by atoms with Crippen LogP contribution in [-0.4, -0.2) is 36.6 Å². The first-order valence-corrected chi connectivity index (χ1v) is 12.7. The van der Waals surface area contributed by atoms with Crippen LogP contribution in [0.1, 0.15) is 47.3 Å². The van der Waals surface area contributed by atoms with Crippen LogP contribution in [0.25, 0.3) is 10.9 Å². The van der Waals surface area contributed by atoms with Gasteiger partial charge in [-0.05, 0) is 74.2 Å². The maximum absolute atomic E-state index is 12.7. The van der Waals surface area contributed by atoms with Crippen LogP contribution in [-0.2, 0) is 6.42 Å². The van der Waals surface area contributed by atoms with E-state index in [1.807, 2.05) is 49.4 Å². The molecule has 0 aliphatic carbocycles. The Bertz CT molecular complexity index is 1240. The van der Waals surface area contributed by atoms with Crippen molar-refractivity contribution >= 4 is 22.5 Å². The second-order valence-electron chi connectivity index (χ2n) is 9.48. The molecule has 1 aliphatic rings. The van der Waals surface area contributed by atoms with E-state index in [2.05, 4.69) is 63.1 Å². The summed E-state index contributed by atoms with van der Waals surface area (Å²) in [6, 6.07) is 27.1. The summed E-state index contributed by atoms with van der Waals surface area (Å²) in [4.78, 5) is 18.5. The van der Waals surface area contributed by atoms with Gasteiger partial charge in [0.05, 0.1) is 6.04 Å². The van der Waals surface area contributed by atoms with Gasteiger partial charge in [-0.1, -0.05) is 48.5 Å². The number of nitrogens with zero attached hydrogens (tertiary/aromatic N) is 1. The van der Waals surface area contributed by atoms with Crippen molar-refractivity contribution in [2.45, 2.75) is 38.3 Å². The molecule has 0 radical (unpaired) electrons. The average molecular weight is 467 g/mol. The summed E-state index contributed by atoms with van der Waals surface area (Å²) in [6.07, 6.45) is 5.44. The van der Waals surface area contributed by atoms with Crippen LogP contribution in [0.2, 0.25) is 0 Å². The van der Waals surface area contributed by atoms with Gasteiger partial charge in [0.25, 0.3) is 5.91 Å². The number of benzene rings is 3. The Kier molecular flexibility index (Phi) is 7.15. The topological polar surface area (TPSA) is 60.2 Å². The van der Waals surface area contributed by atoms with Crippen molar-refractivity contribution in [1.82, 2.24) is 15.6 Å². The molecule has 35 heavy (non-hydrogen) atoms. The van der Waals surface area contributed by atoms with Crippen LogP contribution >= 0.6 is 0 Å². The largest absolute Gasteiger partial charge is 0.371 e. The summed E-state index contributed by atoms with van der Waals surface area (Å²) in [5, 5.41) is 8.18. The smallest absolute Gasteiger partial charge is 0.251 e. The maximum atomic E-state index is 12.7. The van der Waals surface area contributed by atoms with Crippen molar-refractivity contribution in [2.24, 2.45) is 0 Å². The zero-order chi connectivity index (χ0) is 24.0. The molecule has 180 valence electrons. The monoisotopic (exact) mass is 466 g/mol. The van der Waals surface area contributed by atoms with Crippen LogP contribution in [0.4, 0.5) is 5.69 Å². The van der Waals surface area contributed by atoms with E-state index in [0.717, 1.165) is 44.5 Å². The van der Waals surface area contributed by atoms with Gasteiger partial charge in [-0.15, -0.1) is 0 Å². The third kappa shape index (κ3) is 5.57. The van der Waals surface area contributed by atoms with Gasteiger partial charge in [0.1, 0.15) is 0 Å². The molecule has 1 aliphatic heterocycles. The number of piperidine rings is 1. The lowest BCUT2D eigenvalue weighted by Crippen LogP contribution is -2.43. The Balaban J connectivity index is 1.08. The van der Waals surface area contributed by atoms with Gasteiger partial charge in [0.15, 0.2) is 0 Å². The molecule has 0 unspecified atom stereocenters. The molecular weight excluding hydrogens is 432 g/mol. The van der Waals surface area contributed by atoms with Crippen LogP contribution in [0.15, 0.2) is 85.1 Å². The third-order valence-electron chi connectivity index (χ3n) is 7.14. The Morgan fingerprint density at radius 3 is 2.46 bits per heavy atom. The zero-order valence-electron chi connectivity index (χ0n) is 20.3. The number of H-pyrrole nitrogens is 1. The van der Waals surface area contributed by atoms with Gasteiger partial charge in [0.2, 0.25) is 0 Å². The predicted octanol–water partition coefficient (Wildman–Crippen LogP) is 5.46. The highest BCUT2D eigenvalue weighted by molar-refractivity contribution is 5.94. The molecule has 0 spiro atoms. The quantitative estimate of drug-likeness (QED) is 0.323. The van der Waals surface area contributed by atoms with E-state index in [0.29, 0.717) is 11.6 Å². The summed E-state index contributed by atoms with van der Waals surface area (Å²) in [7, 11) is 0. The van der Waals surface area contributed by atoms with Crippen LogP contribution < -0.4 is 15.5 Å². The molecule has 0 saturated carbocycles. The minimum atomic E-state index is -0.0361. The van der Waals surface area contributed by atoms with Crippen molar-refractivity contribution in [1.29, 1.82) is 0 Å². The lowest BCUT2D eigenvalue weighted by molar-refractivity contribution is 0.0940. The number of anilines is 1. The van der Waals surface area contributed by atoms with E-state index < -0.39 is 0 Å². The van der Waals surface area contributed by atoms with E-state index in [1.54, 1.807) is 0 Å². The van der Waals surface area contributed by atoms with E-state index in [1.165, 1.54) is 22.2 Å². The third-order valence-corrected chi connectivity index (χ3v) is 7.14. The summed E-state index contributed by atoms with van der Waals surface area (Å²) >= 11 is 0. The zero-order valence-corrected chi connectivity index (χ0v) is 20.3. The van der Waals surface area contributed by atoms with E-state index >= 15 is 0 Å². The Morgan fingerprint density at radius 2 is 1.69 bits per heavy atom. The summed E-state index contributed by atoms with van der Waals surface area (Å²) in [6.45, 7) is 5.07. The number of para-hydroxylation sites is 1. The summed E-state index contributed by atoms with van der Waals surface area (Å²) in [5.74, 6) is -0.0361. The normalized spacial score (nSPS) is 15.3. The van der Waals surface area contributed by atoms with Gasteiger partial charge in [-0.2, -0.15) is 0 Å². The van der Waals surface area contributed by atoms with E-state index in [-0.39, 0.29) is 11.9 Å². The van der Waals surface area contributed by atoms with E-state index in [4.69, 9.17) is 0 Å². The molecule has 1 aromatic heterocycles. The average Bonchev–Trinajstić information content (AvgIpc) is 3.33. The fourth-order valence-corrected chi connectivity index (χ4v) is 5.02. The number of hydrogen-bond donors (Lipinski definition) is 3. The molecule has 1 fully saturated rings. The predicted molar refractivity (Wildman–Crippen MR) is 144 cm³/mol. The molecule has 5 heteroatoms. The highest BCUT2D eigenvalue weighted by Gasteiger charge is 2.19. The molecular formula is C30H34N4O.